The molecule has 0 heterocycles. The molecule has 0 saturated carbocycles. The minimum atomic E-state index is -4.09. The third-order valence-electron chi connectivity index (χ3n) is 6.03. The molecule has 0 bridgehead atoms. The van der Waals surface area contributed by atoms with Gasteiger partial charge in [-0.2, -0.15) is 0 Å². The Morgan fingerprint density at radius 2 is 0.933 bits per heavy atom. The molecule has 30 heavy (non-hydrogen) atoms. The third kappa shape index (κ3) is 24.2. The first-order chi connectivity index (χ1) is 13.9. The smallest absolute Gasteiger partial charge is 0.748 e. The molecule has 0 radical (unpaired) electrons. The van der Waals surface area contributed by atoms with E-state index in [-0.39, 0.29) is 57.5 Å². The molecular formula is C24H49KO4S. The van der Waals surface area contributed by atoms with E-state index in [0.29, 0.717) is 6.42 Å². The van der Waals surface area contributed by atoms with Crippen molar-refractivity contribution in [1.82, 2.24) is 0 Å². The quantitative estimate of drug-likeness (QED) is 0.146. The van der Waals surface area contributed by atoms with Gasteiger partial charge in [-0.1, -0.05) is 116 Å². The van der Waals surface area contributed by atoms with Crippen LogP contribution in [0.2, 0.25) is 0 Å². The van der Waals surface area contributed by atoms with Crippen LogP contribution in [0.1, 0.15) is 142 Å². The second kappa shape index (κ2) is 23.7. The maximum atomic E-state index is 10.8. The van der Waals surface area contributed by atoms with Crippen LogP contribution in [0, 0.1) is 0 Å². The van der Waals surface area contributed by atoms with Gasteiger partial charge in [-0.15, -0.1) is 0 Å². The molecule has 0 spiro atoms. The number of hydrogen-bond donors (Lipinski definition) is 1. The van der Waals surface area contributed by atoms with Crippen LogP contribution in [-0.4, -0.2) is 29.4 Å². The van der Waals surface area contributed by atoms with Crippen molar-refractivity contribution in [2.75, 3.05) is 0 Å². The summed E-state index contributed by atoms with van der Waals surface area (Å²) < 4.78 is 32.4. The van der Waals surface area contributed by atoms with E-state index in [1.54, 1.807) is 0 Å². The third-order valence-corrected chi connectivity index (χ3v) is 7.25. The summed E-state index contributed by atoms with van der Waals surface area (Å²) in [4.78, 5) is 0. The Labute approximate surface area is 230 Å². The summed E-state index contributed by atoms with van der Waals surface area (Å²) in [6, 6.07) is 0. The van der Waals surface area contributed by atoms with Gasteiger partial charge in [0.1, 0.15) is 0 Å². The van der Waals surface area contributed by atoms with Gasteiger partial charge in [-0.25, -0.2) is 8.42 Å². The molecule has 0 amide bonds. The van der Waals surface area contributed by atoms with Crippen molar-refractivity contribution in [2.45, 2.75) is 154 Å². The fraction of sp³-hybridized carbons (Fsp3) is 1.00. The average Bonchev–Trinajstić information content (AvgIpc) is 2.67. The predicted molar refractivity (Wildman–Crippen MR) is 123 cm³/mol. The van der Waals surface area contributed by atoms with Gasteiger partial charge in [-0.05, 0) is 26.2 Å². The van der Waals surface area contributed by atoms with Crippen LogP contribution >= 0.6 is 0 Å². The molecule has 6 heteroatoms. The van der Waals surface area contributed by atoms with Gasteiger partial charge in [0.15, 0.2) is 0 Å². The minimum Gasteiger partial charge on any atom is -0.748 e. The Kier molecular flexibility index (Phi) is 26.6. The molecule has 1 N–H and O–H groups in total. The maximum Gasteiger partial charge on any atom is 1.00 e. The predicted octanol–water partition coefficient (Wildman–Crippen LogP) is 4.11. The van der Waals surface area contributed by atoms with Crippen molar-refractivity contribution in [1.29, 1.82) is 0 Å². The molecule has 0 aromatic rings. The van der Waals surface area contributed by atoms with Gasteiger partial charge in [-0.3, -0.25) is 0 Å². The zero-order valence-corrected chi connectivity index (χ0v) is 24.3. The number of hydrogen-bond acceptors (Lipinski definition) is 4. The monoisotopic (exact) mass is 472 g/mol. The van der Waals surface area contributed by atoms with Crippen LogP contribution in [-0.2, 0) is 10.1 Å². The van der Waals surface area contributed by atoms with E-state index >= 15 is 0 Å². The molecule has 0 aliphatic heterocycles. The SMILES string of the molecule is CCCCC(O)CCCCCCCCCCCCCCCCCC(C)S(=O)(=O)[O-].[K+]. The van der Waals surface area contributed by atoms with Gasteiger partial charge < -0.3 is 9.66 Å². The van der Waals surface area contributed by atoms with Gasteiger partial charge >= 0.3 is 51.4 Å². The first-order valence-corrected chi connectivity index (χ1v) is 14.0. The second-order valence-corrected chi connectivity index (χ2v) is 10.8. The number of rotatable bonds is 22. The summed E-state index contributed by atoms with van der Waals surface area (Å²) in [5, 5.41) is 9.08. The molecule has 0 fully saturated rings. The molecule has 0 rings (SSSR count). The van der Waals surface area contributed by atoms with Crippen molar-refractivity contribution >= 4 is 10.1 Å². The molecular weight excluding hydrogens is 423 g/mol. The van der Waals surface area contributed by atoms with E-state index in [1.807, 2.05) is 0 Å². The zero-order valence-electron chi connectivity index (χ0n) is 20.4. The first kappa shape index (κ1) is 33.7. The molecule has 0 aliphatic rings. The summed E-state index contributed by atoms with van der Waals surface area (Å²) in [6.07, 6.45) is 23.5. The molecule has 0 aliphatic carbocycles. The van der Waals surface area contributed by atoms with E-state index in [9.17, 15) is 18.1 Å². The molecule has 4 nitrogen and oxygen atoms in total. The normalized spacial score (nSPS) is 13.7. The molecule has 2 atom stereocenters. The van der Waals surface area contributed by atoms with E-state index < -0.39 is 15.4 Å². The first-order valence-electron chi connectivity index (χ1n) is 12.5. The van der Waals surface area contributed by atoms with E-state index in [1.165, 1.54) is 90.4 Å². The van der Waals surface area contributed by atoms with Gasteiger partial charge in [0.05, 0.1) is 16.2 Å². The second-order valence-electron chi connectivity index (χ2n) is 8.98. The van der Waals surface area contributed by atoms with E-state index in [0.717, 1.165) is 38.5 Å². The van der Waals surface area contributed by atoms with Gasteiger partial charge in [0, 0.05) is 5.25 Å². The van der Waals surface area contributed by atoms with Crippen molar-refractivity contribution in [2.24, 2.45) is 0 Å². The average molecular weight is 473 g/mol. The van der Waals surface area contributed by atoms with Gasteiger partial charge in [0.2, 0.25) is 0 Å². The topological polar surface area (TPSA) is 77.4 Å². The van der Waals surface area contributed by atoms with Crippen LogP contribution in [0.15, 0.2) is 0 Å². The molecule has 0 saturated heterocycles. The zero-order chi connectivity index (χ0) is 21.8. The molecule has 0 aromatic carbocycles. The Bertz CT molecular complexity index is 442. The van der Waals surface area contributed by atoms with Crippen LogP contribution in [0.3, 0.4) is 0 Å². The van der Waals surface area contributed by atoms with Crippen molar-refractivity contribution in [3.05, 3.63) is 0 Å². The molecule has 2 unspecified atom stereocenters. The largest absolute Gasteiger partial charge is 1.00 e. The Morgan fingerprint density at radius 3 is 1.27 bits per heavy atom. The van der Waals surface area contributed by atoms with Crippen LogP contribution in [0.5, 0.6) is 0 Å². The number of unbranched alkanes of at least 4 members (excludes halogenated alkanes) is 15. The Balaban J connectivity index is 0. The number of aliphatic hydroxyl groups is 1. The maximum absolute atomic E-state index is 10.8. The minimum absolute atomic E-state index is 0. The summed E-state index contributed by atoms with van der Waals surface area (Å²) in [7, 11) is -4.09. The van der Waals surface area contributed by atoms with Gasteiger partial charge in [0.25, 0.3) is 0 Å². The van der Waals surface area contributed by atoms with Crippen molar-refractivity contribution < 1.29 is 69.5 Å². The summed E-state index contributed by atoms with van der Waals surface area (Å²) in [6.45, 7) is 3.69. The Hall–Kier alpha value is 1.51. The molecule has 176 valence electrons. The van der Waals surface area contributed by atoms with Crippen LogP contribution in [0.25, 0.3) is 0 Å². The van der Waals surface area contributed by atoms with Crippen molar-refractivity contribution in [3.8, 4) is 0 Å². The van der Waals surface area contributed by atoms with Crippen LogP contribution < -0.4 is 51.4 Å². The Morgan fingerprint density at radius 1 is 0.633 bits per heavy atom. The number of aliphatic hydroxyl groups excluding tert-OH is 1. The van der Waals surface area contributed by atoms with E-state index in [2.05, 4.69) is 6.92 Å². The fourth-order valence-corrected chi connectivity index (χ4v) is 4.29. The van der Waals surface area contributed by atoms with Crippen molar-refractivity contribution in [3.63, 3.8) is 0 Å². The van der Waals surface area contributed by atoms with Crippen LogP contribution in [0.4, 0.5) is 0 Å². The summed E-state index contributed by atoms with van der Waals surface area (Å²) in [5.74, 6) is 0. The summed E-state index contributed by atoms with van der Waals surface area (Å²) >= 11 is 0. The summed E-state index contributed by atoms with van der Waals surface area (Å²) in [5.41, 5.74) is 0. The molecule has 0 aromatic heterocycles. The van der Waals surface area contributed by atoms with E-state index in [4.69, 9.17) is 0 Å². The standard InChI is InChI=1S/C24H50O4S.K/c1-3-4-21-24(25)22-19-17-15-13-11-9-7-5-6-8-10-12-14-16-18-20-23(2)29(26,27)28;/h23-25H,3-22H2,1-2H3,(H,26,27,28);/q;+1/p-1. The fourth-order valence-electron chi connectivity index (χ4n) is 3.84.